The molecule has 11 rings (SSSR count). The van der Waals surface area contributed by atoms with E-state index in [2.05, 4.69) is 167 Å². The molecule has 234 valence electrons. The third-order valence-corrected chi connectivity index (χ3v) is 12.7. The Morgan fingerprint density at radius 2 is 1.04 bits per heavy atom. The van der Waals surface area contributed by atoms with E-state index < -0.39 is 0 Å². The van der Waals surface area contributed by atoms with E-state index >= 15 is 0 Å². The van der Waals surface area contributed by atoms with Crippen molar-refractivity contribution in [3.05, 3.63) is 170 Å². The first-order valence-electron chi connectivity index (χ1n) is 16.9. The van der Waals surface area contributed by atoms with Gasteiger partial charge < -0.3 is 0 Å². The van der Waals surface area contributed by atoms with Crippen molar-refractivity contribution < 1.29 is 4.42 Å². The molecule has 0 bridgehead atoms. The minimum absolute atomic E-state index is 0.195. The molecule has 0 aliphatic rings. The molecule has 8 aromatic carbocycles. The Bertz CT molecular complexity index is 3070. The average Bonchev–Trinajstić information content (AvgIpc) is 3.84. The monoisotopic (exact) mass is 704 g/mol. The molecule has 0 fully saturated rings. The first kappa shape index (κ1) is 27.8. The average molecular weight is 704 g/mol. The summed E-state index contributed by atoms with van der Waals surface area (Å²) in [6.07, 6.45) is 0. The molecule has 0 amide bonds. The molecule has 0 saturated heterocycles. The zero-order valence-electron chi connectivity index (χ0n) is 26.9. The molecule has 0 N–H and O–H groups in total. The van der Waals surface area contributed by atoms with E-state index in [0.717, 1.165) is 44.7 Å². The molecule has 4 heteroatoms. The zero-order chi connectivity index (χ0) is 32.8. The van der Waals surface area contributed by atoms with Gasteiger partial charge in [-0.05, 0) is 0 Å². The fourth-order valence-electron chi connectivity index (χ4n) is 7.90. The van der Waals surface area contributed by atoms with Crippen molar-refractivity contribution in [3.8, 4) is 5.69 Å². The van der Waals surface area contributed by atoms with Gasteiger partial charge in [0.2, 0.25) is 0 Å². The molecule has 50 heavy (non-hydrogen) atoms. The normalized spacial score (nSPS) is 12.0. The van der Waals surface area contributed by atoms with Crippen LogP contribution in [-0.4, -0.2) is 19.1 Å². The number of hydrogen-bond acceptors (Lipinski definition) is 2. The van der Waals surface area contributed by atoms with Crippen LogP contribution in [0.15, 0.2) is 174 Å². The Labute approximate surface area is 293 Å². The number of rotatable bonds is 4. The van der Waals surface area contributed by atoms with Gasteiger partial charge in [0.15, 0.2) is 0 Å². The summed E-state index contributed by atoms with van der Waals surface area (Å²) in [6.45, 7) is 0. The van der Waals surface area contributed by atoms with Gasteiger partial charge in [-0.3, -0.25) is 0 Å². The summed E-state index contributed by atoms with van der Waals surface area (Å²) in [7, 11) is 0. The summed E-state index contributed by atoms with van der Waals surface area (Å²) in [4.78, 5) is 2.39. The van der Waals surface area contributed by atoms with Crippen LogP contribution in [0.2, 0.25) is 0 Å². The van der Waals surface area contributed by atoms with Gasteiger partial charge in [0.25, 0.3) is 0 Å². The summed E-state index contributed by atoms with van der Waals surface area (Å²) in [5, 5.41) is 10.2. The van der Waals surface area contributed by atoms with Gasteiger partial charge >= 0.3 is 295 Å². The molecule has 0 aliphatic heterocycles. The van der Waals surface area contributed by atoms with E-state index in [1.54, 1.807) is 0 Å². The number of anilines is 3. The molecule has 3 heterocycles. The van der Waals surface area contributed by atoms with E-state index in [0.29, 0.717) is 0 Å². The first-order valence-corrected chi connectivity index (χ1v) is 18.6. The van der Waals surface area contributed by atoms with Crippen molar-refractivity contribution in [1.29, 1.82) is 0 Å². The quantitative estimate of drug-likeness (QED) is 0.170. The molecule has 0 saturated carbocycles. The van der Waals surface area contributed by atoms with Crippen LogP contribution >= 0.6 is 0 Å². The predicted molar refractivity (Wildman–Crippen MR) is 212 cm³/mol. The third-order valence-electron chi connectivity index (χ3n) is 10.2. The summed E-state index contributed by atoms with van der Waals surface area (Å²) >= 11 is 0.195. The molecule has 11 aromatic rings. The van der Waals surface area contributed by atoms with Gasteiger partial charge in [-0.2, -0.15) is 0 Å². The van der Waals surface area contributed by atoms with Crippen LogP contribution in [0.3, 0.4) is 0 Å². The van der Waals surface area contributed by atoms with E-state index in [-0.39, 0.29) is 14.5 Å². The van der Waals surface area contributed by atoms with Crippen molar-refractivity contribution in [1.82, 2.24) is 4.57 Å². The maximum atomic E-state index is 6.42. The number of para-hydroxylation sites is 3. The zero-order valence-corrected chi connectivity index (χ0v) is 28.6. The van der Waals surface area contributed by atoms with Crippen LogP contribution in [0.5, 0.6) is 0 Å². The fourth-order valence-corrected chi connectivity index (χ4v) is 10.6. The molecule has 3 aromatic heterocycles. The summed E-state index contributed by atoms with van der Waals surface area (Å²) in [5.74, 6) is 0. The molecule has 0 unspecified atom stereocenters. The van der Waals surface area contributed by atoms with Crippen LogP contribution in [0.25, 0.3) is 79.5 Å². The van der Waals surface area contributed by atoms with E-state index in [1.807, 2.05) is 12.1 Å². The Balaban J connectivity index is 1.15. The predicted octanol–water partition coefficient (Wildman–Crippen LogP) is 12.7. The molecular formula is C46H28N2OSe. The van der Waals surface area contributed by atoms with E-state index in [1.165, 1.54) is 51.9 Å². The molecule has 0 spiro atoms. The number of hydrogen-bond donors (Lipinski definition) is 0. The van der Waals surface area contributed by atoms with Crippen molar-refractivity contribution in [3.63, 3.8) is 0 Å². The molecule has 3 nitrogen and oxygen atoms in total. The van der Waals surface area contributed by atoms with Crippen molar-refractivity contribution in [2.45, 2.75) is 0 Å². The summed E-state index contributed by atoms with van der Waals surface area (Å²) in [5.41, 5.74) is 8.60. The van der Waals surface area contributed by atoms with Crippen molar-refractivity contribution in [2.24, 2.45) is 0 Å². The Morgan fingerprint density at radius 1 is 0.420 bits per heavy atom. The first-order chi connectivity index (χ1) is 24.8. The number of benzene rings is 8. The van der Waals surface area contributed by atoms with Gasteiger partial charge in [-0.25, -0.2) is 0 Å². The Hall–Kier alpha value is -6.06. The Kier molecular flexibility index (Phi) is 5.97. The number of nitrogens with zero attached hydrogens (tertiary/aromatic N) is 2. The third kappa shape index (κ3) is 4.10. The second-order valence-electron chi connectivity index (χ2n) is 12.9. The maximum absolute atomic E-state index is 6.42. The van der Waals surface area contributed by atoms with Crippen molar-refractivity contribution >= 4 is 105 Å². The van der Waals surface area contributed by atoms with Gasteiger partial charge in [-0.1, -0.05) is 0 Å². The van der Waals surface area contributed by atoms with Crippen LogP contribution in [0, 0.1) is 0 Å². The molecular weight excluding hydrogens is 675 g/mol. The topological polar surface area (TPSA) is 21.3 Å². The SMILES string of the molecule is c1cc(N(c2ccc3c(c2)oc2ccccc23)c2ccc3c(c2)[se]c2c4ccccc4ccc32)cc(-n2c3ccccc3c3ccccc32)c1. The molecule has 0 radical (unpaired) electrons. The van der Waals surface area contributed by atoms with Crippen LogP contribution in [0.4, 0.5) is 17.1 Å². The molecule has 0 aliphatic carbocycles. The van der Waals surface area contributed by atoms with Crippen molar-refractivity contribution in [2.75, 3.05) is 4.90 Å². The van der Waals surface area contributed by atoms with E-state index in [9.17, 15) is 0 Å². The van der Waals surface area contributed by atoms with E-state index in [4.69, 9.17) is 4.42 Å². The number of aromatic nitrogens is 1. The van der Waals surface area contributed by atoms with Gasteiger partial charge in [0.05, 0.1) is 0 Å². The van der Waals surface area contributed by atoms with Gasteiger partial charge in [-0.15, -0.1) is 0 Å². The van der Waals surface area contributed by atoms with Gasteiger partial charge in [0.1, 0.15) is 0 Å². The minimum atomic E-state index is 0.195. The number of fused-ring (bicyclic) bond motifs is 11. The van der Waals surface area contributed by atoms with Crippen LogP contribution < -0.4 is 4.90 Å². The fraction of sp³-hybridized carbons (Fsp3) is 0. The number of furan rings is 1. The summed E-state index contributed by atoms with van der Waals surface area (Å²) < 4.78 is 11.7. The van der Waals surface area contributed by atoms with Crippen LogP contribution in [0.1, 0.15) is 0 Å². The Morgan fingerprint density at radius 3 is 1.86 bits per heavy atom. The summed E-state index contributed by atoms with van der Waals surface area (Å²) in [6, 6.07) is 61.7. The molecule has 0 atom stereocenters. The van der Waals surface area contributed by atoms with Crippen LogP contribution in [-0.2, 0) is 0 Å². The second-order valence-corrected chi connectivity index (χ2v) is 15.2. The second kappa shape index (κ2) is 10.7. The van der Waals surface area contributed by atoms with Gasteiger partial charge in [0, 0.05) is 0 Å². The standard InChI is InChI=1S/C46H28N2OSe/c1-2-13-34-29(10-1)20-23-40-39-25-22-33(28-45(39)50-46(34)40)47(32-21-24-38-37-16-5-8-19-43(37)49-44(38)27-32)30-11-9-12-31(26-30)48-41-17-6-3-14-35(41)36-15-4-7-18-42(36)48/h1-28H.